The lowest BCUT2D eigenvalue weighted by atomic mass is 10.0. The molecule has 1 fully saturated rings. The fraction of sp³-hybridized carbons (Fsp3) is 0.381. The first kappa shape index (κ1) is 22.5. The minimum atomic E-state index is -4.15. The van der Waals surface area contributed by atoms with Gasteiger partial charge >= 0.3 is 10.1 Å². The Morgan fingerprint density at radius 2 is 1.80 bits per heavy atom. The molecule has 0 amide bonds. The molecule has 162 valence electrons. The van der Waals surface area contributed by atoms with E-state index in [1.54, 1.807) is 12.3 Å². The van der Waals surface area contributed by atoms with Gasteiger partial charge in [-0.25, -0.2) is 4.98 Å². The number of anilines is 2. The van der Waals surface area contributed by atoms with Gasteiger partial charge in [0.2, 0.25) is 0 Å². The van der Waals surface area contributed by atoms with Crippen molar-refractivity contribution in [3.05, 3.63) is 47.7 Å². The van der Waals surface area contributed by atoms with Gasteiger partial charge < -0.3 is 16.0 Å². The van der Waals surface area contributed by atoms with Gasteiger partial charge in [-0.3, -0.25) is 4.55 Å². The van der Waals surface area contributed by atoms with Crippen molar-refractivity contribution in [2.75, 3.05) is 36.8 Å². The maximum atomic E-state index is 11.2. The van der Waals surface area contributed by atoms with Crippen LogP contribution in [0, 0.1) is 0 Å². The van der Waals surface area contributed by atoms with E-state index in [2.05, 4.69) is 47.2 Å². The first-order chi connectivity index (χ1) is 14.3. The van der Waals surface area contributed by atoms with Crippen LogP contribution in [0.5, 0.6) is 0 Å². The molecule has 7 nitrogen and oxygen atoms in total. The second-order valence-electron chi connectivity index (χ2n) is 7.02. The summed E-state index contributed by atoms with van der Waals surface area (Å²) in [4.78, 5) is 6.48. The summed E-state index contributed by atoms with van der Waals surface area (Å²) in [5.74, 6) is 0.783. The number of pyridine rings is 1. The zero-order valence-corrected chi connectivity index (χ0v) is 18.9. The van der Waals surface area contributed by atoms with Crippen molar-refractivity contribution in [2.45, 2.75) is 30.9 Å². The Morgan fingerprint density at radius 1 is 1.17 bits per heavy atom. The van der Waals surface area contributed by atoms with Crippen LogP contribution < -0.4 is 16.0 Å². The van der Waals surface area contributed by atoms with Crippen LogP contribution in [-0.4, -0.2) is 44.1 Å². The molecule has 9 heteroatoms. The number of nitrogens with zero attached hydrogens (tertiary/aromatic N) is 2. The molecular weight excluding hydrogens is 420 g/mol. The third-order valence-electron chi connectivity index (χ3n) is 5.12. The number of fused-ring (bicyclic) bond motifs is 1. The zero-order valence-electron chi connectivity index (χ0n) is 17.3. The predicted molar refractivity (Wildman–Crippen MR) is 124 cm³/mol. The highest BCUT2D eigenvalue weighted by atomic mass is 32.3. The Bertz CT molecular complexity index is 1080. The van der Waals surface area contributed by atoms with Crippen LogP contribution in [-0.2, 0) is 23.0 Å². The van der Waals surface area contributed by atoms with Gasteiger partial charge in [-0.05, 0) is 36.1 Å². The van der Waals surface area contributed by atoms with Gasteiger partial charge in [-0.2, -0.15) is 8.42 Å². The first-order valence-corrected chi connectivity index (χ1v) is 12.3. The molecule has 30 heavy (non-hydrogen) atoms. The molecule has 4 N–H and O–H groups in total. The number of rotatable bonds is 4. The standard InChI is InChI=1S/C11H13N3O3S2.C10H15N/c15-19(16,17)10-7-8-9(18-10)1-2-13-11(8)14-5-3-12-4-6-14;1-3-8-6-5-7-9(4-2)10(8)11/h1-2,7,12H,3-6H2,(H,15,16,17);5-7H,3-4,11H2,1-2H3. The summed E-state index contributed by atoms with van der Waals surface area (Å²) in [6, 6.07) is 9.52. The van der Waals surface area contributed by atoms with E-state index in [4.69, 9.17) is 10.3 Å². The van der Waals surface area contributed by atoms with Crippen LogP contribution in [0.1, 0.15) is 25.0 Å². The second-order valence-corrected chi connectivity index (χ2v) is 9.75. The number of piperazine rings is 1. The summed E-state index contributed by atoms with van der Waals surface area (Å²) < 4.78 is 32.3. The third-order valence-corrected chi connectivity index (χ3v) is 7.52. The molecule has 0 spiro atoms. The largest absolute Gasteiger partial charge is 0.398 e. The molecule has 0 bridgehead atoms. The van der Waals surface area contributed by atoms with Crippen molar-refractivity contribution >= 4 is 43.0 Å². The van der Waals surface area contributed by atoms with E-state index in [-0.39, 0.29) is 4.21 Å². The highest BCUT2D eigenvalue weighted by Gasteiger charge is 2.19. The van der Waals surface area contributed by atoms with Crippen molar-refractivity contribution in [1.82, 2.24) is 10.3 Å². The summed E-state index contributed by atoms with van der Waals surface area (Å²) in [6.45, 7) is 7.70. The quantitative estimate of drug-likeness (QED) is 0.415. The van der Waals surface area contributed by atoms with E-state index in [0.717, 1.165) is 71.9 Å². The van der Waals surface area contributed by atoms with Crippen molar-refractivity contribution < 1.29 is 13.0 Å². The number of hydrogen-bond donors (Lipinski definition) is 3. The van der Waals surface area contributed by atoms with Crippen LogP contribution in [0.25, 0.3) is 10.1 Å². The predicted octanol–water partition coefficient (Wildman–Crippen LogP) is 3.35. The van der Waals surface area contributed by atoms with Crippen molar-refractivity contribution in [3.8, 4) is 0 Å². The maximum Gasteiger partial charge on any atom is 0.304 e. The minimum Gasteiger partial charge on any atom is -0.398 e. The van der Waals surface area contributed by atoms with Gasteiger partial charge in [0.25, 0.3) is 0 Å². The van der Waals surface area contributed by atoms with Gasteiger partial charge in [-0.1, -0.05) is 32.0 Å². The fourth-order valence-corrected chi connectivity index (χ4v) is 5.20. The molecule has 2 aromatic heterocycles. The Kier molecular flexibility index (Phi) is 7.30. The van der Waals surface area contributed by atoms with E-state index in [0.29, 0.717) is 0 Å². The number of nitrogens with two attached hydrogens (primary N) is 1. The second kappa shape index (κ2) is 9.74. The normalized spacial score (nSPS) is 14.4. The lowest BCUT2D eigenvalue weighted by Crippen LogP contribution is -2.43. The van der Waals surface area contributed by atoms with Crippen LogP contribution in [0.2, 0.25) is 0 Å². The molecular formula is C21H28N4O3S2. The molecule has 1 aliphatic heterocycles. The lowest BCUT2D eigenvalue weighted by Gasteiger charge is -2.28. The molecule has 0 unspecified atom stereocenters. The topological polar surface area (TPSA) is 109 Å². The minimum absolute atomic E-state index is 0.0353. The summed E-state index contributed by atoms with van der Waals surface area (Å²) >= 11 is 1.06. The highest BCUT2D eigenvalue weighted by molar-refractivity contribution is 7.88. The summed E-state index contributed by atoms with van der Waals surface area (Å²) in [7, 11) is -4.15. The summed E-state index contributed by atoms with van der Waals surface area (Å²) in [5, 5.41) is 4.04. The van der Waals surface area contributed by atoms with Crippen molar-refractivity contribution in [2.24, 2.45) is 0 Å². The average molecular weight is 449 g/mol. The molecule has 4 rings (SSSR count). The smallest absolute Gasteiger partial charge is 0.304 e. The van der Waals surface area contributed by atoms with E-state index in [1.807, 2.05) is 0 Å². The lowest BCUT2D eigenvalue weighted by molar-refractivity contribution is 0.485. The molecule has 3 aromatic rings. The van der Waals surface area contributed by atoms with Crippen LogP contribution in [0.3, 0.4) is 0 Å². The Hall–Kier alpha value is -2.20. The number of aromatic nitrogens is 1. The van der Waals surface area contributed by atoms with E-state index in [9.17, 15) is 8.42 Å². The molecule has 0 aliphatic carbocycles. The number of nitrogen functional groups attached to an aromatic ring is 1. The summed E-state index contributed by atoms with van der Waals surface area (Å²) in [6.07, 6.45) is 3.73. The average Bonchev–Trinajstić information content (AvgIpc) is 3.20. The maximum absolute atomic E-state index is 11.2. The monoisotopic (exact) mass is 448 g/mol. The molecule has 1 aliphatic rings. The zero-order chi connectivity index (χ0) is 21.7. The molecule has 0 saturated carbocycles. The van der Waals surface area contributed by atoms with Gasteiger partial charge in [-0.15, -0.1) is 11.3 Å². The summed E-state index contributed by atoms with van der Waals surface area (Å²) in [5.41, 5.74) is 9.42. The Labute approximate surface area is 181 Å². The number of para-hydroxylation sites is 1. The van der Waals surface area contributed by atoms with Gasteiger partial charge in [0, 0.05) is 48.1 Å². The molecule has 3 heterocycles. The van der Waals surface area contributed by atoms with Crippen molar-refractivity contribution in [3.63, 3.8) is 0 Å². The molecule has 0 radical (unpaired) electrons. The van der Waals surface area contributed by atoms with Crippen molar-refractivity contribution in [1.29, 1.82) is 0 Å². The highest BCUT2D eigenvalue weighted by Crippen LogP contribution is 2.34. The van der Waals surface area contributed by atoms with E-state index >= 15 is 0 Å². The van der Waals surface area contributed by atoms with Crippen LogP contribution in [0.4, 0.5) is 11.5 Å². The van der Waals surface area contributed by atoms with Crippen LogP contribution >= 0.6 is 11.3 Å². The van der Waals surface area contributed by atoms with E-state index in [1.165, 1.54) is 17.2 Å². The third kappa shape index (κ3) is 5.10. The number of nitrogens with one attached hydrogen (secondary N) is 1. The number of hydrogen-bond acceptors (Lipinski definition) is 7. The Morgan fingerprint density at radius 3 is 2.37 bits per heavy atom. The SMILES string of the molecule is CCc1cccc(CC)c1N.O=S(=O)(O)c1cc2c(N3CCNCC3)nccc2s1. The number of aryl methyl sites for hydroxylation is 2. The van der Waals surface area contributed by atoms with Gasteiger partial charge in [0.15, 0.2) is 0 Å². The Balaban J connectivity index is 0.000000199. The molecule has 0 atom stereocenters. The molecule has 1 aromatic carbocycles. The van der Waals surface area contributed by atoms with Gasteiger partial charge in [0.05, 0.1) is 0 Å². The first-order valence-electron chi connectivity index (χ1n) is 10.0. The fourth-order valence-electron chi connectivity index (χ4n) is 3.46. The van der Waals surface area contributed by atoms with Crippen LogP contribution in [0.15, 0.2) is 40.7 Å². The number of thiophene rings is 1. The van der Waals surface area contributed by atoms with E-state index < -0.39 is 10.1 Å². The number of benzene rings is 1. The van der Waals surface area contributed by atoms with Gasteiger partial charge in [0.1, 0.15) is 10.0 Å². The molecule has 1 saturated heterocycles.